The second-order valence-electron chi connectivity index (χ2n) is 5.56. The third kappa shape index (κ3) is 3.61. The van der Waals surface area contributed by atoms with Gasteiger partial charge in [0.2, 0.25) is 0 Å². The Morgan fingerprint density at radius 1 is 1.29 bits per heavy atom. The maximum atomic E-state index is 12.7. The fourth-order valence-corrected chi connectivity index (χ4v) is 2.72. The van der Waals surface area contributed by atoms with Gasteiger partial charge in [-0.1, -0.05) is 6.07 Å². The molecule has 3 nitrogen and oxygen atoms in total. The first-order valence-electron chi connectivity index (χ1n) is 7.14. The number of anilines is 1. The van der Waals surface area contributed by atoms with Crippen molar-refractivity contribution in [2.24, 2.45) is 5.92 Å². The lowest BCUT2D eigenvalue weighted by atomic mass is 9.95. The molecule has 2 rings (SSSR count). The van der Waals surface area contributed by atoms with Gasteiger partial charge in [-0.25, -0.2) is 0 Å². The van der Waals surface area contributed by atoms with Gasteiger partial charge in [-0.05, 0) is 32.9 Å². The average molecular weight is 302 g/mol. The average Bonchev–Trinajstić information content (AvgIpc) is 2.45. The van der Waals surface area contributed by atoms with Crippen LogP contribution in [0.2, 0.25) is 0 Å². The number of nitrogens with zero attached hydrogens (tertiary/aromatic N) is 1. The molecule has 1 aliphatic heterocycles. The highest BCUT2D eigenvalue weighted by molar-refractivity contribution is 5.54. The number of alkyl halides is 3. The molecular weight excluding hydrogens is 281 g/mol. The van der Waals surface area contributed by atoms with Crippen LogP contribution < -0.4 is 10.2 Å². The standard InChI is InChI=1S/C15H21F3N2O/c1-10(19-2)13-4-3-12(9-14(13)21)20-7-5-11(6-8-20)15(16,17)18/h3-4,9-11,19,21H,5-8H2,1-2H3. The Morgan fingerprint density at radius 3 is 2.38 bits per heavy atom. The number of hydrogen-bond acceptors (Lipinski definition) is 3. The highest BCUT2D eigenvalue weighted by atomic mass is 19.4. The fourth-order valence-electron chi connectivity index (χ4n) is 2.72. The van der Waals surface area contributed by atoms with Crippen LogP contribution in [0.1, 0.15) is 31.4 Å². The smallest absolute Gasteiger partial charge is 0.391 e. The highest BCUT2D eigenvalue weighted by Crippen LogP contribution is 2.36. The van der Waals surface area contributed by atoms with Gasteiger partial charge in [0, 0.05) is 36.4 Å². The molecular formula is C15H21F3N2O. The summed E-state index contributed by atoms with van der Waals surface area (Å²) in [5, 5.41) is 13.1. The van der Waals surface area contributed by atoms with Gasteiger partial charge in [-0.2, -0.15) is 13.2 Å². The summed E-state index contributed by atoms with van der Waals surface area (Å²) in [6, 6.07) is 5.34. The largest absolute Gasteiger partial charge is 0.508 e. The molecule has 1 saturated heterocycles. The molecule has 1 fully saturated rings. The molecule has 118 valence electrons. The van der Waals surface area contributed by atoms with Crippen molar-refractivity contribution in [1.82, 2.24) is 5.32 Å². The van der Waals surface area contributed by atoms with Crippen molar-refractivity contribution in [2.45, 2.75) is 32.0 Å². The maximum absolute atomic E-state index is 12.7. The Morgan fingerprint density at radius 2 is 1.90 bits per heavy atom. The van der Waals surface area contributed by atoms with Crippen molar-refractivity contribution < 1.29 is 18.3 Å². The summed E-state index contributed by atoms with van der Waals surface area (Å²) in [6.07, 6.45) is -3.88. The second-order valence-corrected chi connectivity index (χ2v) is 5.56. The van der Waals surface area contributed by atoms with E-state index in [1.165, 1.54) is 0 Å². The predicted molar refractivity (Wildman–Crippen MR) is 76.6 cm³/mol. The molecule has 2 N–H and O–H groups in total. The number of phenols is 1. The lowest BCUT2D eigenvalue weighted by Gasteiger charge is -2.34. The van der Waals surface area contributed by atoms with E-state index in [2.05, 4.69) is 5.32 Å². The normalized spacial score (nSPS) is 18.8. The maximum Gasteiger partial charge on any atom is 0.391 e. The van der Waals surface area contributed by atoms with Crippen LogP contribution in [0.5, 0.6) is 5.75 Å². The first-order chi connectivity index (χ1) is 9.82. The van der Waals surface area contributed by atoms with E-state index in [1.54, 1.807) is 13.1 Å². The van der Waals surface area contributed by atoms with Crippen molar-refractivity contribution in [1.29, 1.82) is 0 Å². The Hall–Kier alpha value is -1.43. The minimum absolute atomic E-state index is 0.0232. The van der Waals surface area contributed by atoms with E-state index in [0.717, 1.165) is 11.3 Å². The zero-order chi connectivity index (χ0) is 15.6. The number of nitrogens with one attached hydrogen (secondary N) is 1. The Balaban J connectivity index is 2.06. The van der Waals surface area contributed by atoms with E-state index in [0.29, 0.717) is 13.1 Å². The number of benzene rings is 1. The van der Waals surface area contributed by atoms with Crippen LogP contribution in [0.3, 0.4) is 0 Å². The molecule has 1 aromatic rings. The lowest BCUT2D eigenvalue weighted by molar-refractivity contribution is -0.179. The summed E-state index contributed by atoms with van der Waals surface area (Å²) in [6.45, 7) is 2.67. The monoisotopic (exact) mass is 302 g/mol. The third-order valence-electron chi connectivity index (χ3n) is 4.24. The summed E-state index contributed by atoms with van der Waals surface area (Å²) in [5.74, 6) is -1.03. The van der Waals surface area contributed by atoms with Gasteiger partial charge in [0.15, 0.2) is 0 Å². The van der Waals surface area contributed by atoms with Crippen molar-refractivity contribution in [2.75, 3.05) is 25.0 Å². The lowest BCUT2D eigenvalue weighted by Crippen LogP contribution is -2.39. The Labute approximate surface area is 122 Å². The summed E-state index contributed by atoms with van der Waals surface area (Å²) >= 11 is 0. The predicted octanol–water partition coefficient (Wildman–Crippen LogP) is 3.45. The first-order valence-corrected chi connectivity index (χ1v) is 7.14. The number of piperidine rings is 1. The molecule has 0 radical (unpaired) electrons. The molecule has 0 aliphatic carbocycles. The number of rotatable bonds is 3. The van der Waals surface area contributed by atoms with Gasteiger partial charge in [0.25, 0.3) is 0 Å². The third-order valence-corrected chi connectivity index (χ3v) is 4.24. The van der Waals surface area contributed by atoms with E-state index in [-0.39, 0.29) is 24.6 Å². The van der Waals surface area contributed by atoms with E-state index >= 15 is 0 Å². The number of hydrogen-bond donors (Lipinski definition) is 2. The minimum Gasteiger partial charge on any atom is -0.508 e. The molecule has 0 bridgehead atoms. The molecule has 0 saturated carbocycles. The van der Waals surface area contributed by atoms with E-state index in [9.17, 15) is 18.3 Å². The zero-order valence-corrected chi connectivity index (χ0v) is 12.2. The molecule has 1 heterocycles. The zero-order valence-electron chi connectivity index (χ0n) is 12.2. The van der Waals surface area contributed by atoms with Crippen LogP contribution in [-0.4, -0.2) is 31.4 Å². The minimum atomic E-state index is -4.10. The molecule has 6 heteroatoms. The molecule has 0 aromatic heterocycles. The van der Waals surface area contributed by atoms with Gasteiger partial charge < -0.3 is 15.3 Å². The van der Waals surface area contributed by atoms with Crippen LogP contribution in [0, 0.1) is 5.92 Å². The molecule has 21 heavy (non-hydrogen) atoms. The van der Waals surface area contributed by atoms with Gasteiger partial charge in [-0.15, -0.1) is 0 Å². The van der Waals surface area contributed by atoms with Crippen molar-refractivity contribution in [3.05, 3.63) is 23.8 Å². The molecule has 1 aromatic carbocycles. The van der Waals surface area contributed by atoms with Crippen LogP contribution in [0.4, 0.5) is 18.9 Å². The summed E-state index contributed by atoms with van der Waals surface area (Å²) in [5.41, 5.74) is 1.56. The van der Waals surface area contributed by atoms with E-state index in [4.69, 9.17) is 0 Å². The molecule has 1 aliphatic rings. The number of phenolic OH excluding ortho intramolecular Hbond substituents is 1. The fraction of sp³-hybridized carbons (Fsp3) is 0.600. The molecule has 1 atom stereocenters. The number of aromatic hydroxyl groups is 1. The molecule has 1 unspecified atom stereocenters. The Kier molecular flexibility index (Phi) is 4.66. The van der Waals surface area contributed by atoms with Gasteiger partial charge in [0.05, 0.1) is 5.92 Å². The van der Waals surface area contributed by atoms with Crippen LogP contribution >= 0.6 is 0 Å². The number of halogens is 3. The Bertz CT molecular complexity index is 482. The second kappa shape index (κ2) is 6.13. The van der Waals surface area contributed by atoms with Crippen LogP contribution in [-0.2, 0) is 0 Å². The van der Waals surface area contributed by atoms with E-state index < -0.39 is 12.1 Å². The topological polar surface area (TPSA) is 35.5 Å². The first kappa shape index (κ1) is 15.9. The van der Waals surface area contributed by atoms with Crippen molar-refractivity contribution >= 4 is 5.69 Å². The van der Waals surface area contributed by atoms with Crippen molar-refractivity contribution in [3.63, 3.8) is 0 Å². The van der Waals surface area contributed by atoms with Gasteiger partial charge in [-0.3, -0.25) is 0 Å². The molecule has 0 spiro atoms. The van der Waals surface area contributed by atoms with Crippen LogP contribution in [0.25, 0.3) is 0 Å². The van der Waals surface area contributed by atoms with Gasteiger partial charge >= 0.3 is 6.18 Å². The van der Waals surface area contributed by atoms with E-state index in [1.807, 2.05) is 24.0 Å². The molecule has 0 amide bonds. The summed E-state index contributed by atoms with van der Waals surface area (Å²) in [7, 11) is 1.81. The highest BCUT2D eigenvalue weighted by Gasteiger charge is 2.41. The summed E-state index contributed by atoms with van der Waals surface area (Å²) in [4.78, 5) is 1.90. The SMILES string of the molecule is CNC(C)c1ccc(N2CCC(C(F)(F)F)CC2)cc1O. The summed E-state index contributed by atoms with van der Waals surface area (Å²) < 4.78 is 38.0. The van der Waals surface area contributed by atoms with Gasteiger partial charge in [0.1, 0.15) is 5.75 Å². The quantitative estimate of drug-likeness (QED) is 0.897. The van der Waals surface area contributed by atoms with Crippen LogP contribution in [0.15, 0.2) is 18.2 Å². The van der Waals surface area contributed by atoms with Crippen molar-refractivity contribution in [3.8, 4) is 5.75 Å².